The number of nitrogens with one attached hydrogen (secondary N) is 2. The Morgan fingerprint density at radius 1 is 0.939 bits per heavy atom. The van der Waals surface area contributed by atoms with Gasteiger partial charge in [0.05, 0.1) is 18.4 Å². The minimum absolute atomic E-state index is 0.0327. The van der Waals surface area contributed by atoms with E-state index in [1.807, 2.05) is 0 Å². The number of benzene rings is 3. The average molecular weight is 460 g/mol. The molecular formula is C23H19F3N2O5. The highest BCUT2D eigenvalue weighted by Gasteiger charge is 2.31. The zero-order chi connectivity index (χ0) is 24.0. The zero-order valence-electron chi connectivity index (χ0n) is 17.3. The van der Waals surface area contributed by atoms with E-state index in [9.17, 15) is 27.9 Å². The van der Waals surface area contributed by atoms with Gasteiger partial charge in [-0.25, -0.2) is 9.59 Å². The maximum absolute atomic E-state index is 13.0. The molecule has 0 aromatic heterocycles. The Balaban J connectivity index is 1.73. The number of hydrogen-bond donors (Lipinski definition) is 3. The highest BCUT2D eigenvalue weighted by atomic mass is 19.4. The van der Waals surface area contributed by atoms with E-state index in [4.69, 9.17) is 9.47 Å². The van der Waals surface area contributed by atoms with E-state index in [2.05, 4.69) is 10.6 Å². The van der Waals surface area contributed by atoms with Crippen molar-refractivity contribution in [3.8, 4) is 17.2 Å². The monoisotopic (exact) mass is 460 g/mol. The third-order valence-electron chi connectivity index (χ3n) is 4.52. The van der Waals surface area contributed by atoms with Crippen LogP contribution in [-0.4, -0.2) is 24.2 Å². The lowest BCUT2D eigenvalue weighted by atomic mass is 10.1. The van der Waals surface area contributed by atoms with Crippen LogP contribution in [0.2, 0.25) is 0 Å². The standard InChI is InChI=1S/C23H19F3N2O5/c1-32-20-11-10-15(23(24,25)26)12-17(20)28-22(31)27-13-14-6-2-4-8-18(14)33-19-9-5-3-7-16(19)21(29)30/h2-12H,13H2,1H3,(H,29,30)(H2,27,28,31). The molecule has 2 amide bonds. The summed E-state index contributed by atoms with van der Waals surface area (Å²) in [5.74, 6) is -0.665. The lowest BCUT2D eigenvalue weighted by molar-refractivity contribution is -0.137. The van der Waals surface area contributed by atoms with Crippen LogP contribution in [0.1, 0.15) is 21.5 Å². The SMILES string of the molecule is COc1ccc(C(F)(F)F)cc1NC(=O)NCc1ccccc1Oc1ccccc1C(=O)O. The van der Waals surface area contributed by atoms with Gasteiger partial charge in [0, 0.05) is 12.1 Å². The Bertz CT molecular complexity index is 1160. The molecule has 0 spiro atoms. The van der Waals surface area contributed by atoms with E-state index >= 15 is 0 Å². The topological polar surface area (TPSA) is 96.9 Å². The molecule has 33 heavy (non-hydrogen) atoms. The Labute approximate surface area is 186 Å². The van der Waals surface area contributed by atoms with Crippen molar-refractivity contribution in [1.29, 1.82) is 0 Å². The Morgan fingerprint density at radius 3 is 2.27 bits per heavy atom. The highest BCUT2D eigenvalue weighted by molar-refractivity contribution is 5.91. The number of carbonyl (C=O) groups excluding carboxylic acids is 1. The molecule has 3 aromatic carbocycles. The summed E-state index contributed by atoms with van der Waals surface area (Å²) in [4.78, 5) is 23.7. The number of methoxy groups -OCH3 is 1. The maximum Gasteiger partial charge on any atom is 0.416 e. The molecule has 172 valence electrons. The number of hydrogen-bond acceptors (Lipinski definition) is 4. The summed E-state index contributed by atoms with van der Waals surface area (Å²) in [5.41, 5.74) is -0.599. The van der Waals surface area contributed by atoms with Crippen molar-refractivity contribution in [1.82, 2.24) is 5.32 Å². The minimum Gasteiger partial charge on any atom is -0.495 e. The van der Waals surface area contributed by atoms with E-state index in [1.54, 1.807) is 36.4 Å². The summed E-state index contributed by atoms with van der Waals surface area (Å²) in [6.07, 6.45) is -4.58. The first-order chi connectivity index (χ1) is 15.7. The summed E-state index contributed by atoms with van der Waals surface area (Å²) in [6, 6.07) is 14.7. The number of halogens is 3. The molecule has 10 heteroatoms. The number of amides is 2. The van der Waals surface area contributed by atoms with Gasteiger partial charge in [0.1, 0.15) is 22.8 Å². The van der Waals surface area contributed by atoms with Gasteiger partial charge in [-0.15, -0.1) is 0 Å². The Morgan fingerprint density at radius 2 is 1.61 bits per heavy atom. The molecular weight excluding hydrogens is 441 g/mol. The van der Waals surface area contributed by atoms with Crippen LogP contribution in [0.5, 0.6) is 17.2 Å². The first-order valence-corrected chi connectivity index (χ1v) is 9.57. The summed E-state index contributed by atoms with van der Waals surface area (Å²) >= 11 is 0. The van der Waals surface area contributed by atoms with Crippen molar-refractivity contribution in [2.24, 2.45) is 0 Å². The van der Waals surface area contributed by atoms with Gasteiger partial charge in [0.2, 0.25) is 0 Å². The van der Waals surface area contributed by atoms with Crippen LogP contribution in [0.4, 0.5) is 23.7 Å². The fourth-order valence-corrected chi connectivity index (χ4v) is 2.92. The van der Waals surface area contributed by atoms with Crippen molar-refractivity contribution in [3.05, 3.63) is 83.4 Å². The number of ether oxygens (including phenoxy) is 2. The largest absolute Gasteiger partial charge is 0.495 e. The van der Waals surface area contributed by atoms with Crippen LogP contribution >= 0.6 is 0 Å². The molecule has 0 unspecified atom stereocenters. The molecule has 3 rings (SSSR count). The van der Waals surface area contributed by atoms with Crippen LogP contribution in [0, 0.1) is 0 Å². The van der Waals surface area contributed by atoms with Crippen LogP contribution in [0.25, 0.3) is 0 Å². The summed E-state index contributed by atoms with van der Waals surface area (Å²) in [6.45, 7) is -0.0431. The van der Waals surface area contributed by atoms with Gasteiger partial charge in [0.25, 0.3) is 0 Å². The van der Waals surface area contributed by atoms with Crippen LogP contribution in [0.15, 0.2) is 66.7 Å². The van der Waals surface area contributed by atoms with Crippen molar-refractivity contribution in [2.45, 2.75) is 12.7 Å². The maximum atomic E-state index is 13.0. The Kier molecular flexibility index (Phi) is 7.07. The third-order valence-corrected chi connectivity index (χ3v) is 4.52. The van der Waals surface area contributed by atoms with Gasteiger partial charge in [-0.1, -0.05) is 30.3 Å². The van der Waals surface area contributed by atoms with Gasteiger partial charge in [-0.05, 0) is 36.4 Å². The second kappa shape index (κ2) is 9.94. The fraction of sp³-hybridized carbons (Fsp3) is 0.130. The zero-order valence-corrected chi connectivity index (χ0v) is 17.3. The van der Waals surface area contributed by atoms with E-state index in [0.717, 1.165) is 18.2 Å². The summed E-state index contributed by atoms with van der Waals surface area (Å²) < 4.78 is 49.7. The average Bonchev–Trinajstić information content (AvgIpc) is 2.78. The lowest BCUT2D eigenvalue weighted by Gasteiger charge is -2.15. The molecule has 3 aromatic rings. The summed E-state index contributed by atoms with van der Waals surface area (Å²) in [5, 5.41) is 14.2. The van der Waals surface area contributed by atoms with E-state index in [-0.39, 0.29) is 29.3 Å². The van der Waals surface area contributed by atoms with Crippen LogP contribution < -0.4 is 20.1 Å². The molecule has 3 N–H and O–H groups in total. The molecule has 0 atom stereocenters. The molecule has 0 radical (unpaired) electrons. The fourth-order valence-electron chi connectivity index (χ4n) is 2.92. The van der Waals surface area contributed by atoms with E-state index in [0.29, 0.717) is 11.3 Å². The van der Waals surface area contributed by atoms with Gasteiger partial charge >= 0.3 is 18.2 Å². The smallest absolute Gasteiger partial charge is 0.416 e. The molecule has 0 heterocycles. The normalized spacial score (nSPS) is 10.9. The van der Waals surface area contributed by atoms with Crippen LogP contribution in [-0.2, 0) is 12.7 Å². The second-order valence-corrected chi connectivity index (χ2v) is 6.73. The summed E-state index contributed by atoms with van der Waals surface area (Å²) in [7, 11) is 1.27. The second-order valence-electron chi connectivity index (χ2n) is 6.73. The molecule has 0 saturated carbocycles. The van der Waals surface area contributed by atoms with Gasteiger partial charge in [-0.2, -0.15) is 13.2 Å². The molecule has 0 bridgehead atoms. The van der Waals surface area contributed by atoms with Crippen molar-refractivity contribution in [2.75, 3.05) is 12.4 Å². The number of carboxylic acid groups (broad SMARTS) is 1. The van der Waals surface area contributed by atoms with Crippen molar-refractivity contribution >= 4 is 17.7 Å². The van der Waals surface area contributed by atoms with E-state index < -0.39 is 23.7 Å². The number of urea groups is 1. The molecule has 0 aliphatic rings. The number of para-hydroxylation sites is 2. The predicted octanol–water partition coefficient (Wildman–Crippen LogP) is 5.53. The van der Waals surface area contributed by atoms with Crippen molar-refractivity contribution in [3.63, 3.8) is 0 Å². The molecule has 0 aliphatic heterocycles. The van der Waals surface area contributed by atoms with Gasteiger partial charge < -0.3 is 25.2 Å². The molecule has 0 fully saturated rings. The number of alkyl halides is 3. The quantitative estimate of drug-likeness (QED) is 0.431. The number of carboxylic acids is 1. The first kappa shape index (κ1) is 23.5. The number of anilines is 1. The predicted molar refractivity (Wildman–Crippen MR) is 114 cm³/mol. The van der Waals surface area contributed by atoms with E-state index in [1.165, 1.54) is 19.2 Å². The third kappa shape index (κ3) is 5.94. The number of carbonyl (C=O) groups is 2. The van der Waals surface area contributed by atoms with Gasteiger partial charge in [0.15, 0.2) is 0 Å². The van der Waals surface area contributed by atoms with Gasteiger partial charge in [-0.3, -0.25) is 0 Å². The molecule has 0 saturated heterocycles. The lowest BCUT2D eigenvalue weighted by Crippen LogP contribution is -2.28. The minimum atomic E-state index is -4.58. The van der Waals surface area contributed by atoms with Crippen molar-refractivity contribution < 1.29 is 37.3 Å². The number of rotatable bonds is 7. The first-order valence-electron chi connectivity index (χ1n) is 9.57. The molecule has 7 nitrogen and oxygen atoms in total. The molecule has 0 aliphatic carbocycles. The number of aromatic carboxylic acids is 1. The highest BCUT2D eigenvalue weighted by Crippen LogP contribution is 2.35. The van der Waals surface area contributed by atoms with Crippen LogP contribution in [0.3, 0.4) is 0 Å². The Hall–Kier alpha value is -4.21.